The van der Waals surface area contributed by atoms with Crippen LogP contribution < -0.4 is 5.32 Å². The Hall–Kier alpha value is -1.14. The number of ether oxygens (including phenoxy) is 1. The third-order valence-electron chi connectivity index (χ3n) is 2.89. The van der Waals surface area contributed by atoms with Crippen LogP contribution in [0.3, 0.4) is 0 Å². The summed E-state index contributed by atoms with van der Waals surface area (Å²) in [6, 6.07) is 0. The summed E-state index contributed by atoms with van der Waals surface area (Å²) in [5.74, 6) is 0.755. The van der Waals surface area contributed by atoms with E-state index in [1.54, 1.807) is 13.1 Å². The van der Waals surface area contributed by atoms with Gasteiger partial charge in [0.15, 0.2) is 0 Å². The molecule has 6 heteroatoms. The number of thiocarbonyl (C=S) groups is 1. The third kappa shape index (κ3) is 12.0. The van der Waals surface area contributed by atoms with E-state index in [2.05, 4.69) is 23.8 Å². The molecule has 0 saturated heterocycles. The Balaban J connectivity index is 3.87. The summed E-state index contributed by atoms with van der Waals surface area (Å²) in [4.78, 5) is 15.2. The summed E-state index contributed by atoms with van der Waals surface area (Å²) < 4.78 is 5.06. The Labute approximate surface area is 149 Å². The molecule has 0 heterocycles. The molecule has 4 nitrogen and oxygen atoms in total. The first kappa shape index (κ1) is 21.9. The molecule has 0 amide bonds. The number of nitrogens with one attached hydrogen (secondary N) is 1. The molecular weight excluding hydrogens is 328 g/mol. The molecule has 23 heavy (non-hydrogen) atoms. The zero-order chi connectivity index (χ0) is 17.5. The second-order valence-corrected chi connectivity index (χ2v) is 6.42. The number of hydrogen-bond acceptors (Lipinski definition) is 5. The maximum absolute atomic E-state index is 11.2. The van der Waals surface area contributed by atoms with E-state index in [0.717, 1.165) is 48.6 Å². The van der Waals surface area contributed by atoms with Crippen LogP contribution >= 0.6 is 24.0 Å². The van der Waals surface area contributed by atoms with E-state index in [4.69, 9.17) is 17.0 Å². The zero-order valence-electron chi connectivity index (χ0n) is 14.4. The largest absolute Gasteiger partial charge is 0.462 e. The number of nitrogens with zero attached hydrogens (tertiary/aromatic N) is 1. The van der Waals surface area contributed by atoms with Crippen LogP contribution in [0.4, 0.5) is 0 Å². The van der Waals surface area contributed by atoms with Crippen molar-refractivity contribution in [2.75, 3.05) is 18.9 Å². The van der Waals surface area contributed by atoms with E-state index in [0.29, 0.717) is 12.2 Å². The molecule has 0 saturated carbocycles. The highest BCUT2D eigenvalue weighted by Gasteiger charge is 2.03. The summed E-state index contributed by atoms with van der Waals surface area (Å²) in [5, 5.41) is 4.52. The Kier molecular flexibility index (Phi) is 13.7. The second kappa shape index (κ2) is 14.5. The van der Waals surface area contributed by atoms with Crippen LogP contribution in [0.25, 0.3) is 0 Å². The van der Waals surface area contributed by atoms with E-state index in [1.165, 1.54) is 5.49 Å². The molecule has 0 aliphatic heterocycles. The van der Waals surface area contributed by atoms with Gasteiger partial charge in [-0.15, -0.1) is 11.8 Å². The molecule has 1 N–H and O–H groups in total. The van der Waals surface area contributed by atoms with E-state index in [1.807, 2.05) is 18.7 Å². The van der Waals surface area contributed by atoms with Gasteiger partial charge in [-0.05, 0) is 44.9 Å². The number of carbonyl (C=O) groups is 1. The van der Waals surface area contributed by atoms with Crippen LogP contribution in [0, 0.1) is 0 Å². The van der Waals surface area contributed by atoms with Gasteiger partial charge in [0.25, 0.3) is 0 Å². The molecule has 0 aromatic rings. The molecule has 0 bridgehead atoms. The molecule has 0 spiro atoms. The van der Waals surface area contributed by atoms with Crippen LogP contribution in [0.15, 0.2) is 27.7 Å². The van der Waals surface area contributed by atoms with Gasteiger partial charge in [-0.1, -0.05) is 31.6 Å². The van der Waals surface area contributed by atoms with Crippen LogP contribution in [-0.4, -0.2) is 36.6 Å². The van der Waals surface area contributed by atoms with Gasteiger partial charge in [0.1, 0.15) is 0 Å². The van der Waals surface area contributed by atoms with Crippen LogP contribution in [0.5, 0.6) is 0 Å². The zero-order valence-corrected chi connectivity index (χ0v) is 16.0. The van der Waals surface area contributed by atoms with Crippen molar-refractivity contribution in [1.82, 2.24) is 5.32 Å². The molecule has 130 valence electrons. The first-order valence-corrected chi connectivity index (χ1v) is 9.35. The average molecular weight is 357 g/mol. The number of aliphatic imine (C=N–C) groups is 1. The molecule has 0 atom stereocenters. The minimum atomic E-state index is -0.297. The lowest BCUT2D eigenvalue weighted by molar-refractivity contribution is -0.139. The van der Waals surface area contributed by atoms with E-state index in [9.17, 15) is 4.79 Å². The lowest BCUT2D eigenvalue weighted by Crippen LogP contribution is -2.12. The monoisotopic (exact) mass is 356 g/mol. The van der Waals surface area contributed by atoms with Gasteiger partial charge in [0, 0.05) is 18.3 Å². The van der Waals surface area contributed by atoms with Crippen molar-refractivity contribution >= 4 is 41.7 Å². The number of esters is 1. The number of carbonyl (C=O) groups excluding carboxylic acids is 1. The standard InChI is InChI=1S/C17H28N2O2S2/c1-5-19-16(15(4)12-18-13-22)23-11-9-7-6-8-10-21-17(20)14(2)3/h12-13,19H,2,5-11H2,1,3-4H3. The maximum atomic E-state index is 11.2. The number of unbranched alkanes of at least 4 members (excludes halogenated alkanes) is 3. The van der Waals surface area contributed by atoms with Crippen molar-refractivity contribution < 1.29 is 9.53 Å². The highest BCUT2D eigenvalue weighted by atomic mass is 32.2. The van der Waals surface area contributed by atoms with Gasteiger partial charge in [-0.25, -0.2) is 4.79 Å². The Morgan fingerprint density at radius 1 is 1.30 bits per heavy atom. The smallest absolute Gasteiger partial charge is 0.333 e. The number of rotatable bonds is 13. The van der Waals surface area contributed by atoms with Gasteiger partial charge in [0.05, 0.1) is 17.1 Å². The molecule has 0 unspecified atom stereocenters. The van der Waals surface area contributed by atoms with Crippen molar-refractivity contribution in [2.45, 2.75) is 46.5 Å². The number of hydrogen-bond donors (Lipinski definition) is 1. The minimum absolute atomic E-state index is 0.297. The fraction of sp³-hybridized carbons (Fsp3) is 0.588. The maximum Gasteiger partial charge on any atom is 0.333 e. The molecule has 0 aliphatic carbocycles. The van der Waals surface area contributed by atoms with Gasteiger partial charge in [0.2, 0.25) is 0 Å². The molecule has 0 aliphatic rings. The topological polar surface area (TPSA) is 50.7 Å². The summed E-state index contributed by atoms with van der Waals surface area (Å²) in [7, 11) is 0. The highest BCUT2D eigenvalue weighted by Crippen LogP contribution is 2.18. The first-order valence-electron chi connectivity index (χ1n) is 7.89. The van der Waals surface area contributed by atoms with Gasteiger partial charge >= 0.3 is 5.97 Å². The highest BCUT2D eigenvalue weighted by molar-refractivity contribution is 8.03. The van der Waals surface area contributed by atoms with Gasteiger partial charge in [-0.3, -0.25) is 4.99 Å². The normalized spacial score (nSPS) is 12.0. The summed E-state index contributed by atoms with van der Waals surface area (Å²) >= 11 is 6.51. The predicted octanol–water partition coefficient (Wildman–Crippen LogP) is 4.27. The van der Waals surface area contributed by atoms with E-state index >= 15 is 0 Å². The minimum Gasteiger partial charge on any atom is -0.462 e. The molecular formula is C17H28N2O2S2. The van der Waals surface area contributed by atoms with Gasteiger partial charge in [-0.2, -0.15) is 0 Å². The summed E-state index contributed by atoms with van der Waals surface area (Å²) in [6.07, 6.45) is 6.01. The number of allylic oxidation sites excluding steroid dienone is 1. The molecule has 0 aromatic heterocycles. The molecule has 0 aromatic carbocycles. The third-order valence-corrected chi connectivity index (χ3v) is 4.26. The lowest BCUT2D eigenvalue weighted by Gasteiger charge is -2.11. The summed E-state index contributed by atoms with van der Waals surface area (Å²) in [5.41, 5.74) is 2.93. The Bertz CT molecular complexity index is 446. The van der Waals surface area contributed by atoms with Crippen molar-refractivity contribution in [1.29, 1.82) is 0 Å². The average Bonchev–Trinajstić information content (AvgIpc) is 2.53. The molecule has 0 fully saturated rings. The van der Waals surface area contributed by atoms with Crippen LogP contribution in [0.2, 0.25) is 0 Å². The van der Waals surface area contributed by atoms with Crippen molar-refractivity contribution in [3.63, 3.8) is 0 Å². The lowest BCUT2D eigenvalue weighted by atomic mass is 10.2. The van der Waals surface area contributed by atoms with Crippen LogP contribution in [0.1, 0.15) is 46.5 Å². The Morgan fingerprint density at radius 2 is 2.00 bits per heavy atom. The SMILES string of the molecule is C=C(C)C(=O)OCCCCCCSC(NCC)=C(C)C=NC=S. The molecule has 0 rings (SSSR count). The fourth-order valence-corrected chi connectivity index (χ4v) is 2.83. The fourth-order valence-electron chi connectivity index (χ4n) is 1.69. The predicted molar refractivity (Wildman–Crippen MR) is 105 cm³/mol. The second-order valence-electron chi connectivity index (χ2n) is 5.10. The van der Waals surface area contributed by atoms with E-state index in [-0.39, 0.29) is 5.97 Å². The van der Waals surface area contributed by atoms with Crippen molar-refractivity contribution in [2.24, 2.45) is 4.99 Å². The quantitative estimate of drug-likeness (QED) is 0.176. The number of thioether (sulfide) groups is 1. The van der Waals surface area contributed by atoms with Crippen LogP contribution in [-0.2, 0) is 9.53 Å². The molecule has 0 radical (unpaired) electrons. The van der Waals surface area contributed by atoms with Crippen molar-refractivity contribution in [3.8, 4) is 0 Å². The van der Waals surface area contributed by atoms with Gasteiger partial charge < -0.3 is 10.1 Å². The van der Waals surface area contributed by atoms with E-state index < -0.39 is 0 Å². The van der Waals surface area contributed by atoms with Crippen molar-refractivity contribution in [3.05, 3.63) is 22.8 Å². The first-order chi connectivity index (χ1) is 11.0. The Morgan fingerprint density at radius 3 is 2.61 bits per heavy atom. The summed E-state index contributed by atoms with van der Waals surface area (Å²) in [6.45, 7) is 10.7.